The van der Waals surface area contributed by atoms with Gasteiger partial charge in [0, 0.05) is 12.3 Å². The molecule has 2 nitrogen and oxygen atoms in total. The summed E-state index contributed by atoms with van der Waals surface area (Å²) in [6.07, 6.45) is 7.65. The van der Waals surface area contributed by atoms with Crippen LogP contribution in [-0.2, 0) is 4.79 Å². The number of carbonyl (C=O) groups is 1. The molecular formula is C15H26ClNOS. The number of halogens is 1. The van der Waals surface area contributed by atoms with Crippen molar-refractivity contribution >= 4 is 29.3 Å². The molecule has 1 aliphatic carbocycles. The quantitative estimate of drug-likeness (QED) is 0.800. The fourth-order valence-electron chi connectivity index (χ4n) is 3.49. The van der Waals surface area contributed by atoms with Crippen LogP contribution in [-0.4, -0.2) is 28.8 Å². The molecule has 0 spiro atoms. The van der Waals surface area contributed by atoms with Crippen molar-refractivity contribution in [1.82, 2.24) is 5.32 Å². The van der Waals surface area contributed by atoms with E-state index in [9.17, 15) is 4.79 Å². The molecule has 1 N–H and O–H groups in total. The zero-order valence-corrected chi connectivity index (χ0v) is 13.5. The summed E-state index contributed by atoms with van der Waals surface area (Å²) in [4.78, 5) is 12.3. The van der Waals surface area contributed by atoms with Gasteiger partial charge in [-0.25, -0.2) is 0 Å². The largest absolute Gasteiger partial charge is 0.349 e. The van der Waals surface area contributed by atoms with Crippen molar-refractivity contribution in [3.63, 3.8) is 0 Å². The highest BCUT2D eigenvalue weighted by Crippen LogP contribution is 2.33. The summed E-state index contributed by atoms with van der Waals surface area (Å²) in [6.45, 7) is 2.27. The minimum Gasteiger partial charge on any atom is -0.349 e. The van der Waals surface area contributed by atoms with E-state index >= 15 is 0 Å². The lowest BCUT2D eigenvalue weighted by molar-refractivity contribution is -0.124. The Labute approximate surface area is 126 Å². The molecule has 110 valence electrons. The van der Waals surface area contributed by atoms with Crippen LogP contribution >= 0.6 is 23.4 Å². The summed E-state index contributed by atoms with van der Waals surface area (Å²) >= 11 is 8.18. The Kier molecular flexibility index (Phi) is 5.88. The molecule has 0 bridgehead atoms. The molecule has 0 radical (unpaired) electrons. The number of nitrogens with one attached hydrogen (secondary N) is 1. The molecule has 1 heterocycles. The van der Waals surface area contributed by atoms with Crippen LogP contribution in [0.25, 0.3) is 0 Å². The van der Waals surface area contributed by atoms with Crippen LogP contribution in [0.4, 0.5) is 0 Å². The van der Waals surface area contributed by atoms with Crippen molar-refractivity contribution in [2.24, 2.45) is 11.8 Å². The zero-order valence-electron chi connectivity index (χ0n) is 11.9. The standard InChI is InChI=1S/C15H26ClNOS/c1-12-3-2-6-15(10-12,11-16)17-14(18)9-13-4-7-19-8-5-13/h12-13H,2-11H2,1H3,(H,17,18). The van der Waals surface area contributed by atoms with Gasteiger partial charge in [-0.05, 0) is 49.0 Å². The number of hydrogen-bond acceptors (Lipinski definition) is 2. The highest BCUT2D eigenvalue weighted by atomic mass is 35.5. The van der Waals surface area contributed by atoms with E-state index in [0.29, 0.717) is 24.1 Å². The molecule has 19 heavy (non-hydrogen) atoms. The van der Waals surface area contributed by atoms with Gasteiger partial charge in [-0.3, -0.25) is 4.79 Å². The predicted molar refractivity (Wildman–Crippen MR) is 83.9 cm³/mol. The van der Waals surface area contributed by atoms with Crippen LogP contribution in [0.15, 0.2) is 0 Å². The average Bonchev–Trinajstić information content (AvgIpc) is 2.39. The third kappa shape index (κ3) is 4.56. The lowest BCUT2D eigenvalue weighted by Crippen LogP contribution is -2.53. The first-order chi connectivity index (χ1) is 9.13. The van der Waals surface area contributed by atoms with Gasteiger partial charge in [0.1, 0.15) is 0 Å². The topological polar surface area (TPSA) is 29.1 Å². The Hall–Kier alpha value is 0.110. The second-order valence-electron chi connectivity index (χ2n) is 6.42. The van der Waals surface area contributed by atoms with E-state index in [4.69, 9.17) is 11.6 Å². The van der Waals surface area contributed by atoms with E-state index in [-0.39, 0.29) is 11.4 Å². The highest BCUT2D eigenvalue weighted by molar-refractivity contribution is 7.99. The number of hydrogen-bond donors (Lipinski definition) is 1. The first kappa shape index (κ1) is 15.5. The molecule has 1 aliphatic heterocycles. The normalized spacial score (nSPS) is 33.1. The fraction of sp³-hybridized carbons (Fsp3) is 0.933. The van der Waals surface area contributed by atoms with Gasteiger partial charge >= 0.3 is 0 Å². The molecule has 4 heteroatoms. The maximum atomic E-state index is 12.3. The summed E-state index contributed by atoms with van der Waals surface area (Å²) < 4.78 is 0. The molecule has 2 fully saturated rings. The molecule has 2 unspecified atom stereocenters. The van der Waals surface area contributed by atoms with Gasteiger partial charge < -0.3 is 5.32 Å². The van der Waals surface area contributed by atoms with Gasteiger partial charge in [0.15, 0.2) is 0 Å². The maximum absolute atomic E-state index is 12.3. The number of amides is 1. The third-order valence-corrected chi connectivity index (χ3v) is 6.13. The van der Waals surface area contributed by atoms with Crippen LogP contribution in [0.2, 0.25) is 0 Å². The Morgan fingerprint density at radius 3 is 2.74 bits per heavy atom. The van der Waals surface area contributed by atoms with Crippen molar-refractivity contribution in [1.29, 1.82) is 0 Å². The molecule has 0 aromatic heterocycles. The average molecular weight is 304 g/mol. The number of carbonyl (C=O) groups excluding carboxylic acids is 1. The summed E-state index contributed by atoms with van der Waals surface area (Å²) in [7, 11) is 0. The first-order valence-corrected chi connectivity index (χ1v) is 9.27. The second kappa shape index (κ2) is 7.21. The van der Waals surface area contributed by atoms with Crippen molar-refractivity contribution in [2.75, 3.05) is 17.4 Å². The lowest BCUT2D eigenvalue weighted by atomic mass is 9.77. The fourth-order valence-corrected chi connectivity index (χ4v) is 5.00. The van der Waals surface area contributed by atoms with Crippen molar-refractivity contribution < 1.29 is 4.79 Å². The SMILES string of the molecule is CC1CCCC(CCl)(NC(=O)CC2CCSCC2)C1. The Morgan fingerprint density at radius 2 is 2.11 bits per heavy atom. The van der Waals surface area contributed by atoms with Crippen LogP contribution in [0, 0.1) is 11.8 Å². The van der Waals surface area contributed by atoms with Crippen molar-refractivity contribution in [3.8, 4) is 0 Å². The molecule has 2 rings (SSSR count). The van der Waals surface area contributed by atoms with Crippen molar-refractivity contribution in [2.45, 2.75) is 57.4 Å². The van der Waals surface area contributed by atoms with Crippen LogP contribution < -0.4 is 5.32 Å². The van der Waals surface area contributed by atoms with Crippen molar-refractivity contribution in [3.05, 3.63) is 0 Å². The monoisotopic (exact) mass is 303 g/mol. The zero-order chi connectivity index (χ0) is 13.7. The van der Waals surface area contributed by atoms with Crippen LogP contribution in [0.5, 0.6) is 0 Å². The van der Waals surface area contributed by atoms with E-state index in [1.807, 2.05) is 11.8 Å². The Morgan fingerprint density at radius 1 is 1.37 bits per heavy atom. The number of rotatable bonds is 4. The minimum atomic E-state index is -0.125. The van der Waals surface area contributed by atoms with E-state index in [2.05, 4.69) is 12.2 Å². The molecule has 2 atom stereocenters. The molecule has 0 aromatic rings. The van der Waals surface area contributed by atoms with E-state index in [1.165, 1.54) is 37.2 Å². The molecule has 2 aliphatic rings. The predicted octanol–water partition coefficient (Wildman–Crippen LogP) is 3.82. The van der Waals surface area contributed by atoms with E-state index in [1.54, 1.807) is 0 Å². The summed E-state index contributed by atoms with van der Waals surface area (Å²) in [5, 5.41) is 3.28. The Bertz CT molecular complexity index is 307. The molecule has 1 amide bonds. The number of alkyl halides is 1. The van der Waals surface area contributed by atoms with Gasteiger partial charge in [-0.1, -0.05) is 19.8 Å². The smallest absolute Gasteiger partial charge is 0.220 e. The van der Waals surface area contributed by atoms with Crippen LogP contribution in [0.1, 0.15) is 51.9 Å². The summed E-state index contributed by atoms with van der Waals surface area (Å²) in [6, 6.07) is 0. The van der Waals surface area contributed by atoms with Gasteiger partial charge in [0.2, 0.25) is 5.91 Å². The van der Waals surface area contributed by atoms with Crippen LogP contribution in [0.3, 0.4) is 0 Å². The summed E-state index contributed by atoms with van der Waals surface area (Å²) in [5.41, 5.74) is -0.125. The van der Waals surface area contributed by atoms with Gasteiger partial charge in [0.25, 0.3) is 0 Å². The molecule has 1 saturated carbocycles. The van der Waals surface area contributed by atoms with Gasteiger partial charge in [-0.15, -0.1) is 11.6 Å². The molecule has 0 aromatic carbocycles. The third-order valence-electron chi connectivity index (χ3n) is 4.57. The Balaban J connectivity index is 1.84. The highest BCUT2D eigenvalue weighted by Gasteiger charge is 2.35. The maximum Gasteiger partial charge on any atom is 0.220 e. The first-order valence-electron chi connectivity index (χ1n) is 7.58. The van der Waals surface area contributed by atoms with E-state index < -0.39 is 0 Å². The molecular weight excluding hydrogens is 278 g/mol. The second-order valence-corrected chi connectivity index (χ2v) is 7.92. The van der Waals surface area contributed by atoms with E-state index in [0.717, 1.165) is 12.8 Å². The van der Waals surface area contributed by atoms with Gasteiger partial charge in [0.05, 0.1) is 5.54 Å². The van der Waals surface area contributed by atoms with Gasteiger partial charge in [-0.2, -0.15) is 11.8 Å². The number of thioether (sulfide) groups is 1. The minimum absolute atomic E-state index is 0.125. The summed E-state index contributed by atoms with van der Waals surface area (Å²) in [5.74, 6) is 4.50. The lowest BCUT2D eigenvalue weighted by Gasteiger charge is -2.39. The molecule has 1 saturated heterocycles.